The Kier molecular flexibility index (Phi) is 11.5. The molecule has 1 aliphatic rings. The smallest absolute Gasteiger partial charge is 0.192 e. The zero-order valence-corrected chi connectivity index (χ0v) is 36.4. The normalized spacial score (nSPS) is 19.8. The third-order valence-electron chi connectivity index (χ3n) is 11.0. The number of hydrogen-bond donors (Lipinski definition) is 0. The van der Waals surface area contributed by atoms with E-state index in [2.05, 4.69) is 136 Å². The fourth-order valence-electron chi connectivity index (χ4n) is 5.81. The second-order valence-electron chi connectivity index (χ2n) is 16.8. The standard InChI is InChI=1S/C40H52N6O3S2Si2/c1-27-32(36(51-45-27)29-15-13-12-14-16-29)23-50-24-33-34(48-52(8,9)39(2,3)4)35(49-53(10,11)40(5,6)7)38(47-33)46-22-30(31-21-43-26-44-37(31)46)18-17-28-19-41-25-42-20-28/h12-16,19-22,25-26,33-35,38H,23-24H2,1-11H3/t33-,34-,35-,38-/m1/s1. The summed E-state index contributed by atoms with van der Waals surface area (Å²) in [5, 5.41) is 0.810. The van der Waals surface area contributed by atoms with Crippen molar-refractivity contribution in [1.29, 1.82) is 0 Å². The monoisotopic (exact) mass is 784 g/mol. The van der Waals surface area contributed by atoms with Gasteiger partial charge in [0.2, 0.25) is 0 Å². The summed E-state index contributed by atoms with van der Waals surface area (Å²) in [4.78, 5) is 18.6. The number of rotatable bonds is 10. The molecule has 1 aliphatic heterocycles. The van der Waals surface area contributed by atoms with Gasteiger partial charge in [-0.3, -0.25) is 0 Å². The van der Waals surface area contributed by atoms with Crippen LogP contribution in [0.1, 0.15) is 70.2 Å². The van der Waals surface area contributed by atoms with E-state index in [4.69, 9.17) is 22.9 Å². The molecule has 5 aromatic rings. The van der Waals surface area contributed by atoms with Crippen molar-refractivity contribution < 1.29 is 13.6 Å². The van der Waals surface area contributed by atoms with Gasteiger partial charge in [-0.15, -0.1) is 0 Å². The Morgan fingerprint density at radius 2 is 1.51 bits per heavy atom. The average molecular weight is 785 g/mol. The average Bonchev–Trinajstić information content (AvgIpc) is 3.76. The lowest BCUT2D eigenvalue weighted by atomic mass is 10.1. The second kappa shape index (κ2) is 15.5. The molecule has 4 atom stereocenters. The van der Waals surface area contributed by atoms with Crippen LogP contribution in [0, 0.1) is 18.8 Å². The molecule has 53 heavy (non-hydrogen) atoms. The van der Waals surface area contributed by atoms with Gasteiger partial charge in [0.05, 0.1) is 33.2 Å². The van der Waals surface area contributed by atoms with E-state index in [-0.39, 0.29) is 28.4 Å². The lowest BCUT2D eigenvalue weighted by Gasteiger charge is -2.44. The molecule has 13 heteroatoms. The topological polar surface area (TPSA) is 97.1 Å². The number of hydrogen-bond acceptors (Lipinski definition) is 10. The predicted molar refractivity (Wildman–Crippen MR) is 222 cm³/mol. The van der Waals surface area contributed by atoms with Crippen molar-refractivity contribution >= 4 is 51.0 Å². The van der Waals surface area contributed by atoms with Gasteiger partial charge in [0, 0.05) is 41.9 Å². The summed E-state index contributed by atoms with van der Waals surface area (Å²) in [5.41, 5.74) is 5.83. The maximum absolute atomic E-state index is 7.44. The zero-order valence-electron chi connectivity index (χ0n) is 32.8. The van der Waals surface area contributed by atoms with Gasteiger partial charge in [-0.05, 0) is 60.3 Å². The van der Waals surface area contributed by atoms with E-state index in [0.717, 1.165) is 39.4 Å². The van der Waals surface area contributed by atoms with Crippen molar-refractivity contribution in [2.24, 2.45) is 0 Å². The molecule has 6 rings (SSSR count). The first-order chi connectivity index (χ1) is 25.0. The number of ether oxygens (including phenoxy) is 1. The maximum Gasteiger partial charge on any atom is 0.192 e. The Morgan fingerprint density at radius 1 is 0.868 bits per heavy atom. The number of nitrogens with zero attached hydrogens (tertiary/aromatic N) is 6. The Balaban J connectivity index is 1.41. The summed E-state index contributed by atoms with van der Waals surface area (Å²) in [6.45, 7) is 25.1. The van der Waals surface area contributed by atoms with Crippen molar-refractivity contribution in [2.75, 3.05) is 5.75 Å². The molecule has 4 aromatic heterocycles. The lowest BCUT2D eigenvalue weighted by Crippen LogP contribution is -2.53. The molecule has 1 aromatic carbocycles. The molecule has 5 heterocycles. The molecule has 0 saturated carbocycles. The van der Waals surface area contributed by atoms with Crippen molar-refractivity contribution in [3.8, 4) is 22.3 Å². The van der Waals surface area contributed by atoms with E-state index >= 15 is 0 Å². The van der Waals surface area contributed by atoms with E-state index in [9.17, 15) is 0 Å². The molecule has 280 valence electrons. The fourth-order valence-corrected chi connectivity index (χ4v) is 10.6. The summed E-state index contributed by atoms with van der Waals surface area (Å²) < 4.78 is 29.0. The van der Waals surface area contributed by atoms with Crippen LogP contribution in [0.5, 0.6) is 0 Å². The van der Waals surface area contributed by atoms with Crippen LogP contribution in [-0.4, -0.2) is 69.6 Å². The molecule has 0 amide bonds. The molecule has 1 fully saturated rings. The van der Waals surface area contributed by atoms with Crippen LogP contribution in [0.15, 0.2) is 67.8 Å². The van der Waals surface area contributed by atoms with E-state index < -0.39 is 22.9 Å². The van der Waals surface area contributed by atoms with Crippen molar-refractivity contribution in [3.05, 3.63) is 90.2 Å². The van der Waals surface area contributed by atoms with Gasteiger partial charge in [-0.2, -0.15) is 16.1 Å². The van der Waals surface area contributed by atoms with Crippen LogP contribution in [0.25, 0.3) is 21.5 Å². The van der Waals surface area contributed by atoms with E-state index in [0.29, 0.717) is 0 Å². The fraction of sp³-hybridized carbons (Fsp3) is 0.475. The van der Waals surface area contributed by atoms with Gasteiger partial charge in [-0.25, -0.2) is 19.9 Å². The minimum Gasteiger partial charge on any atom is -0.408 e. The zero-order chi connectivity index (χ0) is 38.2. The van der Waals surface area contributed by atoms with Gasteiger partial charge >= 0.3 is 0 Å². The highest BCUT2D eigenvalue weighted by molar-refractivity contribution is 7.98. The third-order valence-corrected chi connectivity index (χ3v) is 22.0. The Hall–Kier alpha value is -3.23. The van der Waals surface area contributed by atoms with Crippen LogP contribution in [-0.2, 0) is 19.3 Å². The molecule has 0 N–H and O–H groups in total. The number of fused-ring (bicyclic) bond motifs is 1. The molecule has 0 radical (unpaired) electrons. The van der Waals surface area contributed by atoms with Gasteiger partial charge in [0.25, 0.3) is 0 Å². The number of aromatic nitrogens is 6. The van der Waals surface area contributed by atoms with Crippen molar-refractivity contribution in [2.45, 2.75) is 115 Å². The van der Waals surface area contributed by atoms with Crippen LogP contribution < -0.4 is 0 Å². The van der Waals surface area contributed by atoms with Crippen LogP contribution in [0.2, 0.25) is 36.3 Å². The van der Waals surface area contributed by atoms with Gasteiger partial charge < -0.3 is 18.2 Å². The first-order valence-electron chi connectivity index (χ1n) is 18.1. The summed E-state index contributed by atoms with van der Waals surface area (Å²) >= 11 is 3.44. The Morgan fingerprint density at radius 3 is 2.17 bits per heavy atom. The van der Waals surface area contributed by atoms with Crippen LogP contribution in [0.4, 0.5) is 0 Å². The molecule has 0 bridgehead atoms. The molecule has 0 unspecified atom stereocenters. The van der Waals surface area contributed by atoms with E-state index in [1.807, 2.05) is 24.2 Å². The van der Waals surface area contributed by atoms with E-state index in [1.165, 1.54) is 22.3 Å². The second-order valence-corrected chi connectivity index (χ2v) is 28.1. The SMILES string of the molecule is Cc1nsc(-c2ccccc2)c1CSC[C@H]1O[C@@H](n2cc(C#Cc3cncnc3)c3cncnc32)[C@H](O[Si](C)(C)C(C)(C)C)[C@@H]1O[Si](C)(C)C(C)(C)C. The van der Waals surface area contributed by atoms with Crippen molar-refractivity contribution in [3.63, 3.8) is 0 Å². The van der Waals surface area contributed by atoms with Gasteiger partial charge in [0.1, 0.15) is 30.5 Å². The molecular weight excluding hydrogens is 733 g/mol. The minimum atomic E-state index is -2.33. The van der Waals surface area contributed by atoms with E-state index in [1.54, 1.807) is 30.3 Å². The predicted octanol–water partition coefficient (Wildman–Crippen LogP) is 9.66. The first-order valence-corrected chi connectivity index (χ1v) is 25.9. The van der Waals surface area contributed by atoms with Gasteiger partial charge in [-0.1, -0.05) is 83.7 Å². The largest absolute Gasteiger partial charge is 0.408 e. The highest BCUT2D eigenvalue weighted by Gasteiger charge is 2.54. The molecule has 0 aliphatic carbocycles. The number of aryl methyl sites for hydroxylation is 1. The third kappa shape index (κ3) is 8.54. The molecule has 1 saturated heterocycles. The summed E-state index contributed by atoms with van der Waals surface area (Å²) in [7, 11) is -4.62. The highest BCUT2D eigenvalue weighted by Crippen LogP contribution is 2.47. The van der Waals surface area contributed by atoms with Crippen LogP contribution in [0.3, 0.4) is 0 Å². The highest BCUT2D eigenvalue weighted by atomic mass is 32.2. The summed E-state index contributed by atoms with van der Waals surface area (Å²) in [6, 6.07) is 10.5. The quantitative estimate of drug-likeness (QED) is 0.101. The Labute approximate surface area is 325 Å². The number of thioether (sulfide) groups is 1. The Bertz CT molecular complexity index is 2080. The van der Waals surface area contributed by atoms with Crippen LogP contribution >= 0.6 is 23.3 Å². The van der Waals surface area contributed by atoms with Gasteiger partial charge in [0.15, 0.2) is 22.9 Å². The molecular formula is C40H52N6O3S2Si2. The first kappa shape index (κ1) is 39.5. The molecule has 0 spiro atoms. The summed E-state index contributed by atoms with van der Waals surface area (Å²) in [5.74, 6) is 8.10. The minimum absolute atomic E-state index is 0.00830. The summed E-state index contributed by atoms with van der Waals surface area (Å²) in [6.07, 6.45) is 8.94. The maximum atomic E-state index is 7.44. The molecule has 9 nitrogen and oxygen atoms in total. The van der Waals surface area contributed by atoms with Crippen molar-refractivity contribution in [1.82, 2.24) is 28.9 Å². The number of benzene rings is 1. The lowest BCUT2D eigenvalue weighted by molar-refractivity contribution is -0.0244.